The first-order valence-electron chi connectivity index (χ1n) is 20.8. The SMILES string of the molecule is CC(C)(C)OC(=O)CCCCCc1ccc(Oc2ccc(S(=O)(=O)Cc3ncc(C(=O)CCCC(=O)NCCOCCOCC(=O)NCCOCCOCC(=O)O)cn3)cc2)cc1. The average Bonchev–Trinajstić information content (AvgIpc) is 3.22. The monoisotopic (exact) mass is 900 g/mol. The van der Waals surface area contributed by atoms with E-state index in [2.05, 4.69) is 20.6 Å². The fraction of sp³-hybridized carbons (Fsp3) is 0.523. The third-order valence-electron chi connectivity index (χ3n) is 8.60. The molecule has 0 saturated carbocycles. The lowest BCUT2D eigenvalue weighted by molar-refractivity contribution is -0.155. The van der Waals surface area contributed by atoms with Gasteiger partial charge in [0.15, 0.2) is 15.6 Å². The van der Waals surface area contributed by atoms with Crippen molar-refractivity contribution in [3.05, 3.63) is 77.9 Å². The van der Waals surface area contributed by atoms with Crippen molar-refractivity contribution in [3.63, 3.8) is 0 Å². The summed E-state index contributed by atoms with van der Waals surface area (Å²) < 4.78 is 58.1. The summed E-state index contributed by atoms with van der Waals surface area (Å²) in [6.07, 6.45) is 6.96. The number of Topliss-reactive ketones (excluding diaryl/α,β-unsaturated/α-hetero) is 1. The number of ether oxygens (including phenoxy) is 6. The van der Waals surface area contributed by atoms with Crippen molar-refractivity contribution in [1.29, 1.82) is 0 Å². The predicted octanol–water partition coefficient (Wildman–Crippen LogP) is 4.42. The molecule has 1 aromatic heterocycles. The lowest BCUT2D eigenvalue weighted by Crippen LogP contribution is -2.31. The van der Waals surface area contributed by atoms with Crippen LogP contribution in [-0.4, -0.2) is 125 Å². The van der Waals surface area contributed by atoms with E-state index in [9.17, 15) is 32.4 Å². The number of rotatable bonds is 32. The standard InChI is InChI=1S/C44H60N4O14S/c1-44(2,3)62-43(54)11-6-4-5-8-33-12-14-35(15-13-33)61-36-16-18-37(19-17-36)63(55,56)32-39-47-28-34(29-48-39)38(49)9-7-10-40(50)45-20-22-57-24-26-59-30-41(51)46-21-23-58-25-27-60-31-42(52)53/h12-19,28-29H,4-11,20-27,30-32H2,1-3H3,(H,45,50)(H,46,51)(H,52,53). The number of esters is 1. The molecule has 0 unspecified atom stereocenters. The average molecular weight is 901 g/mol. The third kappa shape index (κ3) is 23.6. The Morgan fingerprint density at radius 1 is 0.651 bits per heavy atom. The highest BCUT2D eigenvalue weighted by atomic mass is 32.2. The summed E-state index contributed by atoms with van der Waals surface area (Å²) in [6.45, 7) is 6.75. The summed E-state index contributed by atoms with van der Waals surface area (Å²) >= 11 is 0. The molecule has 3 aromatic rings. The molecular weight excluding hydrogens is 841 g/mol. The van der Waals surface area contributed by atoms with E-state index >= 15 is 0 Å². The fourth-order valence-corrected chi connectivity index (χ4v) is 6.76. The molecule has 0 aliphatic carbocycles. The second-order valence-corrected chi connectivity index (χ2v) is 17.2. The van der Waals surface area contributed by atoms with Crippen LogP contribution < -0.4 is 15.4 Å². The van der Waals surface area contributed by atoms with E-state index < -0.39 is 33.8 Å². The van der Waals surface area contributed by atoms with Gasteiger partial charge in [0.05, 0.1) is 50.1 Å². The van der Waals surface area contributed by atoms with E-state index in [4.69, 9.17) is 33.5 Å². The van der Waals surface area contributed by atoms with Crippen molar-refractivity contribution >= 4 is 39.4 Å². The first-order valence-corrected chi connectivity index (χ1v) is 22.5. The smallest absolute Gasteiger partial charge is 0.329 e. The lowest BCUT2D eigenvalue weighted by atomic mass is 10.1. The third-order valence-corrected chi connectivity index (χ3v) is 10.2. The molecule has 3 N–H and O–H groups in total. The van der Waals surface area contributed by atoms with Crippen molar-refractivity contribution in [2.45, 2.75) is 88.4 Å². The minimum absolute atomic E-state index is 0.0340. The number of nitrogens with one attached hydrogen (secondary N) is 2. The van der Waals surface area contributed by atoms with Gasteiger partial charge in [-0.05, 0) is 88.4 Å². The quantitative estimate of drug-likeness (QED) is 0.0446. The number of aryl methyl sites for hydroxylation is 1. The van der Waals surface area contributed by atoms with Gasteiger partial charge in [0.2, 0.25) is 11.8 Å². The molecule has 1 heterocycles. The van der Waals surface area contributed by atoms with Gasteiger partial charge < -0.3 is 44.2 Å². The minimum Gasteiger partial charge on any atom is -0.480 e. The number of nitrogens with zero attached hydrogens (tertiary/aromatic N) is 2. The molecule has 19 heteroatoms. The molecule has 18 nitrogen and oxygen atoms in total. The maximum absolute atomic E-state index is 13.1. The van der Waals surface area contributed by atoms with E-state index in [-0.39, 0.29) is 118 Å². The van der Waals surface area contributed by atoms with Crippen LogP contribution in [0.25, 0.3) is 0 Å². The fourth-order valence-electron chi connectivity index (χ4n) is 5.55. The van der Waals surface area contributed by atoms with Gasteiger partial charge in [0, 0.05) is 44.7 Å². The summed E-state index contributed by atoms with van der Waals surface area (Å²) in [5.74, 6) is -1.45. The number of sulfone groups is 1. The summed E-state index contributed by atoms with van der Waals surface area (Å²) in [6, 6.07) is 13.7. The number of unbranched alkanes of at least 4 members (excludes halogenated alkanes) is 2. The molecule has 2 aromatic carbocycles. The van der Waals surface area contributed by atoms with Crippen molar-refractivity contribution in [2.75, 3.05) is 65.9 Å². The number of carbonyl (C=O) groups excluding carboxylic acids is 4. The normalized spacial score (nSPS) is 11.5. The van der Waals surface area contributed by atoms with E-state index in [0.717, 1.165) is 31.2 Å². The Kier molecular flexibility index (Phi) is 23.4. The Labute approximate surface area is 368 Å². The lowest BCUT2D eigenvalue weighted by Gasteiger charge is -2.19. The first kappa shape index (κ1) is 52.0. The van der Waals surface area contributed by atoms with Crippen LogP contribution in [0.3, 0.4) is 0 Å². The van der Waals surface area contributed by atoms with Crippen LogP contribution in [-0.2, 0) is 64.9 Å². The maximum atomic E-state index is 13.1. The number of benzene rings is 2. The molecule has 346 valence electrons. The Hall–Kier alpha value is -5.34. The largest absolute Gasteiger partial charge is 0.480 e. The predicted molar refractivity (Wildman–Crippen MR) is 229 cm³/mol. The van der Waals surface area contributed by atoms with Gasteiger partial charge >= 0.3 is 11.9 Å². The van der Waals surface area contributed by atoms with E-state index in [0.29, 0.717) is 17.9 Å². The number of amides is 2. The van der Waals surface area contributed by atoms with Gasteiger partial charge in [-0.3, -0.25) is 19.2 Å². The number of carboxylic acids is 1. The van der Waals surface area contributed by atoms with Crippen LogP contribution in [0.2, 0.25) is 0 Å². The zero-order valence-electron chi connectivity index (χ0n) is 36.3. The second kappa shape index (κ2) is 28.4. The summed E-state index contributed by atoms with van der Waals surface area (Å²) in [7, 11) is -3.80. The summed E-state index contributed by atoms with van der Waals surface area (Å²) in [5, 5.41) is 13.8. The molecule has 0 spiro atoms. The Balaban J connectivity index is 1.24. The van der Waals surface area contributed by atoms with Gasteiger partial charge in [0.1, 0.15) is 41.9 Å². The molecular formula is C44H60N4O14S. The van der Waals surface area contributed by atoms with Crippen LogP contribution in [0.4, 0.5) is 0 Å². The zero-order valence-corrected chi connectivity index (χ0v) is 37.1. The highest BCUT2D eigenvalue weighted by Gasteiger charge is 2.19. The Morgan fingerprint density at radius 2 is 1.22 bits per heavy atom. The molecule has 0 atom stereocenters. The van der Waals surface area contributed by atoms with Gasteiger partial charge in [-0.2, -0.15) is 0 Å². The van der Waals surface area contributed by atoms with Crippen molar-refractivity contribution in [2.24, 2.45) is 0 Å². The van der Waals surface area contributed by atoms with Crippen molar-refractivity contribution < 1.29 is 65.9 Å². The number of aromatic nitrogens is 2. The highest BCUT2D eigenvalue weighted by Crippen LogP contribution is 2.25. The van der Waals surface area contributed by atoms with Crippen LogP contribution in [0.15, 0.2) is 65.8 Å². The highest BCUT2D eigenvalue weighted by molar-refractivity contribution is 7.90. The summed E-state index contributed by atoms with van der Waals surface area (Å²) in [5.41, 5.74) is 0.884. The summed E-state index contributed by atoms with van der Waals surface area (Å²) in [4.78, 5) is 67.0. The van der Waals surface area contributed by atoms with Crippen LogP contribution in [0.5, 0.6) is 11.5 Å². The minimum atomic E-state index is -3.80. The van der Waals surface area contributed by atoms with Gasteiger partial charge in [-0.25, -0.2) is 23.2 Å². The zero-order chi connectivity index (χ0) is 45.9. The van der Waals surface area contributed by atoms with Crippen molar-refractivity contribution in [1.82, 2.24) is 20.6 Å². The maximum Gasteiger partial charge on any atom is 0.329 e. The number of hydrogen-bond donors (Lipinski definition) is 3. The Morgan fingerprint density at radius 3 is 1.83 bits per heavy atom. The Bertz CT molecular complexity index is 1970. The molecule has 0 aliphatic heterocycles. The van der Waals surface area contributed by atoms with Gasteiger partial charge in [-0.15, -0.1) is 0 Å². The van der Waals surface area contributed by atoms with Gasteiger partial charge in [0.25, 0.3) is 0 Å². The van der Waals surface area contributed by atoms with Crippen LogP contribution in [0, 0.1) is 0 Å². The van der Waals surface area contributed by atoms with E-state index in [1.807, 2.05) is 45.0 Å². The van der Waals surface area contributed by atoms with Crippen LogP contribution >= 0.6 is 0 Å². The van der Waals surface area contributed by atoms with Crippen LogP contribution in [0.1, 0.15) is 87.5 Å². The number of ketones is 1. The number of carboxylic acid groups (broad SMARTS) is 1. The molecule has 2 amide bonds. The molecule has 63 heavy (non-hydrogen) atoms. The molecule has 0 bridgehead atoms. The number of carbonyl (C=O) groups is 5. The van der Waals surface area contributed by atoms with Gasteiger partial charge in [-0.1, -0.05) is 18.6 Å². The van der Waals surface area contributed by atoms with Crippen molar-refractivity contribution in [3.8, 4) is 11.5 Å². The molecule has 3 rings (SSSR count). The molecule has 0 fully saturated rings. The molecule has 0 saturated heterocycles. The second-order valence-electron chi connectivity index (χ2n) is 15.2. The number of hydrogen-bond acceptors (Lipinski definition) is 15. The molecule has 0 aliphatic rings. The topological polar surface area (TPSA) is 245 Å². The first-order chi connectivity index (χ1) is 30.1. The molecule has 0 radical (unpaired) electrons. The van der Waals surface area contributed by atoms with E-state index in [1.165, 1.54) is 24.5 Å². The number of aliphatic carboxylic acids is 1. The van der Waals surface area contributed by atoms with E-state index in [1.54, 1.807) is 12.1 Å².